The van der Waals surface area contributed by atoms with Crippen LogP contribution in [-0.4, -0.2) is 35.1 Å². The first-order chi connectivity index (χ1) is 8.67. The number of hydrogen-bond donors (Lipinski definition) is 2. The van der Waals surface area contributed by atoms with E-state index < -0.39 is 0 Å². The lowest BCUT2D eigenvalue weighted by Crippen LogP contribution is -2.56. The van der Waals surface area contributed by atoms with Crippen molar-refractivity contribution in [3.63, 3.8) is 0 Å². The Kier molecular flexibility index (Phi) is 4.40. The number of H-pyrrole nitrogens is 1. The molecule has 2 N–H and O–H groups in total. The zero-order valence-electron chi connectivity index (χ0n) is 10.7. The van der Waals surface area contributed by atoms with E-state index in [1.165, 1.54) is 6.33 Å². The van der Waals surface area contributed by atoms with Crippen molar-refractivity contribution in [3.05, 3.63) is 21.2 Å². The van der Waals surface area contributed by atoms with Gasteiger partial charge in [0.1, 0.15) is 4.47 Å². The molecule has 0 saturated carbocycles. The molecule has 2 heterocycles. The second-order valence-electron chi connectivity index (χ2n) is 4.60. The molecule has 0 radical (unpaired) electrons. The van der Waals surface area contributed by atoms with Crippen molar-refractivity contribution >= 4 is 21.7 Å². The maximum atomic E-state index is 11.6. The second-order valence-corrected chi connectivity index (χ2v) is 5.39. The first-order valence-corrected chi connectivity index (χ1v) is 7.19. The zero-order valence-corrected chi connectivity index (χ0v) is 12.3. The molecule has 1 aliphatic heterocycles. The number of rotatable bonds is 3. The third-order valence-corrected chi connectivity index (χ3v) is 4.23. The van der Waals surface area contributed by atoms with Gasteiger partial charge in [-0.3, -0.25) is 4.79 Å². The van der Waals surface area contributed by atoms with Gasteiger partial charge in [-0.1, -0.05) is 13.8 Å². The summed E-state index contributed by atoms with van der Waals surface area (Å²) in [4.78, 5) is 20.8. The van der Waals surface area contributed by atoms with Crippen LogP contribution < -0.4 is 15.8 Å². The molecule has 2 unspecified atom stereocenters. The van der Waals surface area contributed by atoms with E-state index in [4.69, 9.17) is 0 Å². The summed E-state index contributed by atoms with van der Waals surface area (Å²) in [5.74, 6) is 0.755. The average molecular weight is 315 g/mol. The van der Waals surface area contributed by atoms with Crippen LogP contribution in [0, 0.1) is 0 Å². The Labute approximate surface area is 115 Å². The highest BCUT2D eigenvalue weighted by Crippen LogP contribution is 2.24. The highest BCUT2D eigenvalue weighted by molar-refractivity contribution is 9.10. The topological polar surface area (TPSA) is 61.0 Å². The Hall–Kier alpha value is -0.880. The zero-order chi connectivity index (χ0) is 13.1. The SMILES string of the molecule is CCC1CN(c2nc[nH]c(=O)c2Br)C(CC)CN1. The van der Waals surface area contributed by atoms with Gasteiger partial charge in [0.05, 0.1) is 6.33 Å². The lowest BCUT2D eigenvalue weighted by molar-refractivity contribution is 0.376. The molecule has 100 valence electrons. The van der Waals surface area contributed by atoms with Gasteiger partial charge in [0.2, 0.25) is 0 Å². The molecular weight excluding hydrogens is 296 g/mol. The molecule has 6 heteroatoms. The van der Waals surface area contributed by atoms with E-state index in [0.29, 0.717) is 16.6 Å². The van der Waals surface area contributed by atoms with Crippen LogP contribution in [0.5, 0.6) is 0 Å². The maximum absolute atomic E-state index is 11.6. The predicted octanol–water partition coefficient (Wildman–Crippen LogP) is 1.50. The van der Waals surface area contributed by atoms with E-state index >= 15 is 0 Å². The van der Waals surface area contributed by atoms with Gasteiger partial charge in [-0.2, -0.15) is 0 Å². The summed E-state index contributed by atoms with van der Waals surface area (Å²) in [6.45, 7) is 6.16. The Morgan fingerprint density at radius 3 is 2.94 bits per heavy atom. The number of anilines is 1. The van der Waals surface area contributed by atoms with Gasteiger partial charge >= 0.3 is 0 Å². The van der Waals surface area contributed by atoms with E-state index in [9.17, 15) is 4.79 Å². The molecule has 0 bridgehead atoms. The van der Waals surface area contributed by atoms with Crippen molar-refractivity contribution in [1.82, 2.24) is 15.3 Å². The lowest BCUT2D eigenvalue weighted by Gasteiger charge is -2.40. The number of aromatic amines is 1. The summed E-state index contributed by atoms with van der Waals surface area (Å²) in [5.41, 5.74) is -0.124. The van der Waals surface area contributed by atoms with Gasteiger partial charge < -0.3 is 15.2 Å². The lowest BCUT2D eigenvalue weighted by atomic mass is 10.1. The fourth-order valence-corrected chi connectivity index (χ4v) is 2.78. The highest BCUT2D eigenvalue weighted by Gasteiger charge is 2.28. The molecule has 1 aromatic heterocycles. The molecule has 18 heavy (non-hydrogen) atoms. The Morgan fingerprint density at radius 2 is 2.28 bits per heavy atom. The minimum absolute atomic E-state index is 0.124. The van der Waals surface area contributed by atoms with Crippen LogP contribution in [-0.2, 0) is 0 Å². The third kappa shape index (κ3) is 2.59. The number of halogens is 1. The van der Waals surface area contributed by atoms with Gasteiger partial charge in [0.25, 0.3) is 5.56 Å². The first kappa shape index (κ1) is 13.5. The fourth-order valence-electron chi connectivity index (χ4n) is 2.34. The number of hydrogen-bond acceptors (Lipinski definition) is 4. The van der Waals surface area contributed by atoms with Crippen molar-refractivity contribution in [2.45, 2.75) is 38.8 Å². The van der Waals surface area contributed by atoms with Crippen LogP contribution >= 0.6 is 15.9 Å². The third-order valence-electron chi connectivity index (χ3n) is 3.51. The number of aromatic nitrogens is 2. The molecule has 0 spiro atoms. The van der Waals surface area contributed by atoms with E-state index in [0.717, 1.165) is 31.7 Å². The molecule has 2 atom stereocenters. The highest BCUT2D eigenvalue weighted by atomic mass is 79.9. The van der Waals surface area contributed by atoms with Crippen LogP contribution in [0.4, 0.5) is 5.82 Å². The summed E-state index contributed by atoms with van der Waals surface area (Å²) in [6.07, 6.45) is 3.58. The van der Waals surface area contributed by atoms with E-state index in [1.54, 1.807) is 0 Å². The van der Waals surface area contributed by atoms with Gasteiger partial charge in [0.15, 0.2) is 5.82 Å². The molecule has 1 aromatic rings. The number of piperazine rings is 1. The van der Waals surface area contributed by atoms with Gasteiger partial charge in [-0.15, -0.1) is 0 Å². The van der Waals surface area contributed by atoms with Crippen LogP contribution in [0.25, 0.3) is 0 Å². The Bertz CT molecular complexity index is 462. The summed E-state index contributed by atoms with van der Waals surface area (Å²) >= 11 is 3.35. The smallest absolute Gasteiger partial charge is 0.267 e. The fraction of sp³-hybridized carbons (Fsp3) is 0.667. The minimum Gasteiger partial charge on any atom is -0.350 e. The van der Waals surface area contributed by atoms with Crippen LogP contribution in [0.2, 0.25) is 0 Å². The summed E-state index contributed by atoms with van der Waals surface area (Å²) in [6, 6.07) is 0.846. The predicted molar refractivity (Wildman–Crippen MR) is 76.1 cm³/mol. The van der Waals surface area contributed by atoms with Crippen molar-refractivity contribution in [3.8, 4) is 0 Å². The van der Waals surface area contributed by atoms with Gasteiger partial charge in [-0.25, -0.2) is 4.98 Å². The van der Waals surface area contributed by atoms with E-state index in [-0.39, 0.29) is 5.56 Å². The Balaban J connectivity index is 2.32. The number of nitrogens with zero attached hydrogens (tertiary/aromatic N) is 2. The van der Waals surface area contributed by atoms with Crippen molar-refractivity contribution < 1.29 is 0 Å². The normalized spacial score (nSPS) is 24.3. The molecule has 0 amide bonds. The monoisotopic (exact) mass is 314 g/mol. The quantitative estimate of drug-likeness (QED) is 0.887. The van der Waals surface area contributed by atoms with Gasteiger partial charge in [-0.05, 0) is 28.8 Å². The summed E-state index contributed by atoms with van der Waals surface area (Å²) in [5, 5.41) is 3.53. The average Bonchev–Trinajstić information content (AvgIpc) is 2.41. The summed E-state index contributed by atoms with van der Waals surface area (Å²) in [7, 11) is 0. The van der Waals surface area contributed by atoms with Crippen LogP contribution in [0.15, 0.2) is 15.6 Å². The molecule has 5 nitrogen and oxygen atoms in total. The van der Waals surface area contributed by atoms with Crippen molar-refractivity contribution in [2.75, 3.05) is 18.0 Å². The van der Waals surface area contributed by atoms with E-state index in [1.807, 2.05) is 0 Å². The standard InChI is InChI=1S/C12H19BrN4O/c1-3-8-6-17(9(4-2)5-14-8)11-10(13)12(18)16-7-15-11/h7-9,14H,3-6H2,1-2H3,(H,15,16,18). The summed E-state index contributed by atoms with van der Waals surface area (Å²) < 4.78 is 0.528. The molecule has 0 aliphatic carbocycles. The van der Waals surface area contributed by atoms with Crippen LogP contribution in [0.3, 0.4) is 0 Å². The molecule has 1 saturated heterocycles. The second kappa shape index (κ2) is 5.84. The molecule has 0 aromatic carbocycles. The number of nitrogens with one attached hydrogen (secondary N) is 2. The van der Waals surface area contributed by atoms with E-state index in [2.05, 4.69) is 50.0 Å². The molecule has 1 aliphatic rings. The van der Waals surface area contributed by atoms with Gasteiger partial charge in [0, 0.05) is 25.2 Å². The maximum Gasteiger partial charge on any atom is 0.267 e. The van der Waals surface area contributed by atoms with Crippen molar-refractivity contribution in [1.29, 1.82) is 0 Å². The minimum atomic E-state index is -0.124. The molecule has 1 fully saturated rings. The van der Waals surface area contributed by atoms with Crippen LogP contribution in [0.1, 0.15) is 26.7 Å². The molecule has 2 rings (SSSR count). The molecular formula is C12H19BrN4O. The Morgan fingerprint density at radius 1 is 1.50 bits per heavy atom. The first-order valence-electron chi connectivity index (χ1n) is 6.40. The largest absolute Gasteiger partial charge is 0.350 e. The van der Waals surface area contributed by atoms with Crippen molar-refractivity contribution in [2.24, 2.45) is 0 Å².